The summed E-state index contributed by atoms with van der Waals surface area (Å²) < 4.78 is 5.06. The van der Waals surface area contributed by atoms with Gasteiger partial charge in [0, 0.05) is 30.5 Å². The summed E-state index contributed by atoms with van der Waals surface area (Å²) in [6.07, 6.45) is 3.43. The van der Waals surface area contributed by atoms with E-state index in [1.807, 2.05) is 24.0 Å². The van der Waals surface area contributed by atoms with Crippen LogP contribution in [0, 0.1) is 0 Å². The van der Waals surface area contributed by atoms with Gasteiger partial charge in [-0.1, -0.05) is 18.2 Å². The molecule has 4 rings (SSSR count). The molecule has 0 aliphatic carbocycles. The SMILES string of the molecule is CCOC(=O)C1=CNC23c4ccccc4N(C)C2CCC(C)N3C1=O. The van der Waals surface area contributed by atoms with E-state index in [0.717, 1.165) is 24.1 Å². The number of carbonyl (C=O) groups is 2. The first-order chi connectivity index (χ1) is 12.0. The number of piperidine rings is 1. The van der Waals surface area contributed by atoms with E-state index in [1.165, 1.54) is 0 Å². The molecule has 3 unspecified atom stereocenters. The number of hydrogen-bond donors (Lipinski definition) is 1. The molecule has 6 heteroatoms. The van der Waals surface area contributed by atoms with Crippen LogP contribution in [-0.4, -0.2) is 42.5 Å². The van der Waals surface area contributed by atoms with Crippen molar-refractivity contribution in [3.8, 4) is 0 Å². The Morgan fingerprint density at radius 2 is 2.12 bits per heavy atom. The Labute approximate surface area is 147 Å². The normalized spacial score (nSPS) is 30.0. The molecule has 3 atom stereocenters. The van der Waals surface area contributed by atoms with Crippen LogP contribution >= 0.6 is 0 Å². The lowest BCUT2D eigenvalue weighted by molar-refractivity contribution is -0.151. The molecule has 1 aromatic carbocycles. The summed E-state index contributed by atoms with van der Waals surface area (Å²) in [6, 6.07) is 8.33. The van der Waals surface area contributed by atoms with Crippen molar-refractivity contribution in [1.82, 2.24) is 10.2 Å². The molecule has 1 spiro atoms. The van der Waals surface area contributed by atoms with E-state index in [-0.39, 0.29) is 30.2 Å². The number of esters is 1. The molecule has 0 saturated carbocycles. The Morgan fingerprint density at radius 1 is 1.36 bits per heavy atom. The predicted octanol–water partition coefficient (Wildman–Crippen LogP) is 1.72. The van der Waals surface area contributed by atoms with Gasteiger partial charge in [0.2, 0.25) is 0 Å². The first-order valence-electron chi connectivity index (χ1n) is 8.83. The zero-order valence-electron chi connectivity index (χ0n) is 14.8. The number of para-hydroxylation sites is 1. The summed E-state index contributed by atoms with van der Waals surface area (Å²) in [5, 5.41) is 3.43. The molecule has 1 saturated heterocycles. The van der Waals surface area contributed by atoms with Crippen LogP contribution in [0.1, 0.15) is 32.3 Å². The molecule has 0 aromatic heterocycles. The third-order valence-corrected chi connectivity index (χ3v) is 5.70. The van der Waals surface area contributed by atoms with E-state index in [1.54, 1.807) is 13.1 Å². The summed E-state index contributed by atoms with van der Waals surface area (Å²) in [6.45, 7) is 4.04. The van der Waals surface area contributed by atoms with Crippen molar-refractivity contribution in [2.75, 3.05) is 18.6 Å². The topological polar surface area (TPSA) is 61.9 Å². The highest BCUT2D eigenvalue weighted by Gasteiger charge is 2.60. The van der Waals surface area contributed by atoms with Crippen LogP contribution in [0.15, 0.2) is 36.0 Å². The van der Waals surface area contributed by atoms with Crippen LogP contribution in [0.25, 0.3) is 0 Å². The average molecular weight is 341 g/mol. The zero-order chi connectivity index (χ0) is 17.8. The standard InChI is InChI=1S/C19H23N3O3/c1-4-25-18(24)13-11-20-19-14-7-5-6-8-15(14)21(3)16(19)10-9-12(2)22(19)17(13)23/h5-8,11-12,16,20H,4,9-10H2,1-3H3. The Hall–Kier alpha value is -2.50. The quantitative estimate of drug-likeness (QED) is 0.656. The number of nitrogens with one attached hydrogen (secondary N) is 1. The highest BCUT2D eigenvalue weighted by Crippen LogP contribution is 2.51. The number of hydrogen-bond acceptors (Lipinski definition) is 5. The largest absolute Gasteiger partial charge is 0.462 e. The molecule has 3 aliphatic rings. The summed E-state index contributed by atoms with van der Waals surface area (Å²) in [7, 11) is 2.07. The summed E-state index contributed by atoms with van der Waals surface area (Å²) >= 11 is 0. The van der Waals surface area contributed by atoms with Crippen molar-refractivity contribution < 1.29 is 14.3 Å². The Morgan fingerprint density at radius 3 is 2.88 bits per heavy atom. The maximum absolute atomic E-state index is 13.2. The Balaban J connectivity index is 1.87. The Bertz CT molecular complexity index is 775. The number of fused-ring (bicyclic) bond motifs is 1. The smallest absolute Gasteiger partial charge is 0.345 e. The van der Waals surface area contributed by atoms with Crippen molar-refractivity contribution in [3.05, 3.63) is 41.6 Å². The zero-order valence-corrected chi connectivity index (χ0v) is 14.8. The highest BCUT2D eigenvalue weighted by atomic mass is 16.5. The van der Waals surface area contributed by atoms with Crippen LogP contribution in [0.2, 0.25) is 0 Å². The van der Waals surface area contributed by atoms with Crippen LogP contribution in [-0.2, 0) is 20.0 Å². The van der Waals surface area contributed by atoms with Gasteiger partial charge in [-0.3, -0.25) is 4.79 Å². The number of amides is 1. The van der Waals surface area contributed by atoms with E-state index >= 15 is 0 Å². The van der Waals surface area contributed by atoms with Gasteiger partial charge in [0.05, 0.1) is 12.6 Å². The second-order valence-electron chi connectivity index (χ2n) is 6.93. The van der Waals surface area contributed by atoms with E-state index in [0.29, 0.717) is 0 Å². The fraction of sp³-hybridized carbons (Fsp3) is 0.474. The summed E-state index contributed by atoms with van der Waals surface area (Å²) in [4.78, 5) is 29.5. The third-order valence-electron chi connectivity index (χ3n) is 5.70. The lowest BCUT2D eigenvalue weighted by Crippen LogP contribution is -2.71. The third kappa shape index (κ3) is 1.97. The molecular weight excluding hydrogens is 318 g/mol. The van der Waals surface area contributed by atoms with Crippen molar-refractivity contribution in [3.63, 3.8) is 0 Å². The molecule has 25 heavy (non-hydrogen) atoms. The number of ether oxygens (including phenoxy) is 1. The number of carbonyl (C=O) groups excluding carboxylic acids is 2. The minimum Gasteiger partial charge on any atom is -0.462 e. The molecule has 3 heterocycles. The molecule has 1 fully saturated rings. The van der Waals surface area contributed by atoms with Crippen LogP contribution < -0.4 is 10.2 Å². The van der Waals surface area contributed by atoms with Gasteiger partial charge in [0.15, 0.2) is 5.66 Å². The van der Waals surface area contributed by atoms with Gasteiger partial charge in [0.1, 0.15) is 5.57 Å². The number of likely N-dealkylation sites (N-methyl/N-ethyl adjacent to an activating group) is 1. The predicted molar refractivity (Wildman–Crippen MR) is 93.7 cm³/mol. The van der Waals surface area contributed by atoms with Gasteiger partial charge in [-0.2, -0.15) is 0 Å². The lowest BCUT2D eigenvalue weighted by atomic mass is 9.81. The van der Waals surface area contributed by atoms with E-state index in [4.69, 9.17) is 4.74 Å². The molecule has 1 amide bonds. The molecule has 132 valence electrons. The minimum atomic E-state index is -0.629. The number of rotatable bonds is 2. The van der Waals surface area contributed by atoms with Crippen LogP contribution in [0.3, 0.4) is 0 Å². The maximum atomic E-state index is 13.2. The second kappa shape index (κ2) is 5.51. The minimum absolute atomic E-state index is 0.0360. The summed E-state index contributed by atoms with van der Waals surface area (Å²) in [5.74, 6) is -0.816. The number of anilines is 1. The molecule has 6 nitrogen and oxygen atoms in total. The van der Waals surface area contributed by atoms with Crippen molar-refractivity contribution in [2.24, 2.45) is 0 Å². The molecule has 1 aromatic rings. The van der Waals surface area contributed by atoms with Crippen molar-refractivity contribution in [1.29, 1.82) is 0 Å². The first-order valence-corrected chi connectivity index (χ1v) is 8.83. The number of benzene rings is 1. The molecule has 0 radical (unpaired) electrons. The molecule has 1 N–H and O–H groups in total. The average Bonchev–Trinajstić information content (AvgIpc) is 2.84. The van der Waals surface area contributed by atoms with Gasteiger partial charge in [0.25, 0.3) is 5.91 Å². The molecule has 0 bridgehead atoms. The van der Waals surface area contributed by atoms with Gasteiger partial charge in [-0.05, 0) is 32.8 Å². The fourth-order valence-corrected chi connectivity index (χ4v) is 4.63. The van der Waals surface area contributed by atoms with E-state index < -0.39 is 11.6 Å². The molecule has 3 aliphatic heterocycles. The Kier molecular flexibility index (Phi) is 3.52. The van der Waals surface area contributed by atoms with Gasteiger partial charge < -0.3 is 19.9 Å². The number of nitrogens with zero attached hydrogens (tertiary/aromatic N) is 2. The van der Waals surface area contributed by atoms with Crippen LogP contribution in [0.5, 0.6) is 0 Å². The van der Waals surface area contributed by atoms with E-state index in [2.05, 4.69) is 29.4 Å². The van der Waals surface area contributed by atoms with Gasteiger partial charge >= 0.3 is 5.97 Å². The fourth-order valence-electron chi connectivity index (χ4n) is 4.63. The maximum Gasteiger partial charge on any atom is 0.345 e. The first kappa shape index (κ1) is 16.0. The van der Waals surface area contributed by atoms with Crippen LogP contribution in [0.4, 0.5) is 5.69 Å². The monoisotopic (exact) mass is 341 g/mol. The lowest BCUT2D eigenvalue weighted by Gasteiger charge is -2.54. The van der Waals surface area contributed by atoms with Gasteiger partial charge in [-0.15, -0.1) is 0 Å². The summed E-state index contributed by atoms with van der Waals surface area (Å²) in [5.41, 5.74) is 1.66. The van der Waals surface area contributed by atoms with Crippen molar-refractivity contribution in [2.45, 2.75) is 44.4 Å². The van der Waals surface area contributed by atoms with Gasteiger partial charge in [-0.25, -0.2) is 4.79 Å². The molecular formula is C19H23N3O3. The van der Waals surface area contributed by atoms with E-state index in [9.17, 15) is 9.59 Å². The van der Waals surface area contributed by atoms with Crippen molar-refractivity contribution >= 4 is 17.6 Å². The second-order valence-corrected chi connectivity index (χ2v) is 6.93. The highest BCUT2D eigenvalue weighted by molar-refractivity contribution is 6.17.